The zero-order valence-corrected chi connectivity index (χ0v) is 14.6. The molecule has 2 aromatic rings. The van der Waals surface area contributed by atoms with E-state index in [1.807, 2.05) is 0 Å². The van der Waals surface area contributed by atoms with Crippen LogP contribution >= 0.6 is 11.3 Å². The highest BCUT2D eigenvalue weighted by Gasteiger charge is 2.53. The van der Waals surface area contributed by atoms with Gasteiger partial charge in [0.15, 0.2) is 11.5 Å². The van der Waals surface area contributed by atoms with Crippen LogP contribution in [0.4, 0.5) is 10.9 Å². The first-order valence-electron chi connectivity index (χ1n) is 8.83. The number of carbonyl (C=O) groups is 1. The minimum atomic E-state index is -0.390. The maximum Gasteiger partial charge on any atom is 0.279 e. The van der Waals surface area contributed by atoms with Crippen LogP contribution in [0, 0.1) is 17.8 Å². The Hall–Kier alpha value is -2.09. The molecule has 4 fully saturated rings. The number of amides is 1. The van der Waals surface area contributed by atoms with Gasteiger partial charge < -0.3 is 5.73 Å². The first-order valence-corrected chi connectivity index (χ1v) is 9.65. The molecule has 0 saturated heterocycles. The molecule has 130 valence electrons. The van der Waals surface area contributed by atoms with Crippen molar-refractivity contribution in [1.29, 1.82) is 0 Å². The molecule has 6 rings (SSSR count). The zero-order chi connectivity index (χ0) is 17.0. The van der Waals surface area contributed by atoms with Crippen LogP contribution in [-0.4, -0.2) is 26.1 Å². The summed E-state index contributed by atoms with van der Waals surface area (Å²) in [6.07, 6.45) is 10.8. The van der Waals surface area contributed by atoms with Crippen LogP contribution in [-0.2, 0) is 5.41 Å². The van der Waals surface area contributed by atoms with Crippen LogP contribution in [0.5, 0.6) is 0 Å². The minimum Gasteiger partial charge on any atom is -0.382 e. The van der Waals surface area contributed by atoms with Gasteiger partial charge in [0.25, 0.3) is 5.91 Å². The quantitative estimate of drug-likeness (QED) is 0.875. The lowest BCUT2D eigenvalue weighted by Gasteiger charge is -2.55. The van der Waals surface area contributed by atoms with Crippen molar-refractivity contribution in [3.63, 3.8) is 0 Å². The number of anilines is 2. The molecule has 0 aromatic carbocycles. The Morgan fingerprint density at radius 3 is 2.36 bits per heavy atom. The van der Waals surface area contributed by atoms with E-state index < -0.39 is 0 Å². The van der Waals surface area contributed by atoms with E-state index >= 15 is 0 Å². The van der Waals surface area contributed by atoms with Crippen molar-refractivity contribution < 1.29 is 4.79 Å². The van der Waals surface area contributed by atoms with Gasteiger partial charge in [-0.3, -0.25) is 10.1 Å². The van der Waals surface area contributed by atoms with Crippen molar-refractivity contribution in [2.75, 3.05) is 11.1 Å². The van der Waals surface area contributed by atoms with Gasteiger partial charge in [-0.15, -0.1) is 10.2 Å². The summed E-state index contributed by atoms with van der Waals surface area (Å²) in [7, 11) is 0. The molecule has 0 spiro atoms. The average Bonchev–Trinajstić information content (AvgIpc) is 3.03. The van der Waals surface area contributed by atoms with Crippen LogP contribution < -0.4 is 11.1 Å². The van der Waals surface area contributed by atoms with E-state index in [-0.39, 0.29) is 22.8 Å². The van der Waals surface area contributed by atoms with Crippen molar-refractivity contribution >= 4 is 28.2 Å². The van der Waals surface area contributed by atoms with E-state index in [9.17, 15) is 4.79 Å². The molecule has 25 heavy (non-hydrogen) atoms. The summed E-state index contributed by atoms with van der Waals surface area (Å²) >= 11 is 1.51. The normalized spacial score (nSPS) is 32.7. The molecule has 4 aliphatic carbocycles. The molecule has 0 aliphatic heterocycles. The van der Waals surface area contributed by atoms with Gasteiger partial charge in [-0.1, -0.05) is 11.3 Å². The van der Waals surface area contributed by atoms with Gasteiger partial charge in [0, 0.05) is 17.8 Å². The fraction of sp³-hybridized carbons (Fsp3) is 0.588. The van der Waals surface area contributed by atoms with Crippen LogP contribution in [0.1, 0.15) is 54.0 Å². The van der Waals surface area contributed by atoms with E-state index in [2.05, 4.69) is 25.5 Å². The first kappa shape index (κ1) is 15.2. The van der Waals surface area contributed by atoms with Crippen LogP contribution in [0.3, 0.4) is 0 Å². The van der Waals surface area contributed by atoms with Crippen molar-refractivity contribution in [3.05, 3.63) is 23.1 Å². The lowest BCUT2D eigenvalue weighted by Crippen LogP contribution is -2.48. The highest BCUT2D eigenvalue weighted by atomic mass is 32.1. The van der Waals surface area contributed by atoms with Crippen molar-refractivity contribution in [1.82, 2.24) is 20.2 Å². The second kappa shape index (κ2) is 5.45. The summed E-state index contributed by atoms with van der Waals surface area (Å²) in [6, 6.07) is 0. The summed E-state index contributed by atoms with van der Waals surface area (Å²) in [5.74, 6) is 2.29. The molecule has 3 N–H and O–H groups in total. The largest absolute Gasteiger partial charge is 0.382 e. The standard InChI is InChI=1S/C17H20N6OS/c18-13-12(19-1-2-20-13)14(24)21-16-23-22-15(25-16)17-6-9-3-10(7-17)5-11(4-9)8-17/h1-2,9-11H,3-8H2,(H2,18,20)(H,21,23,24). The van der Waals surface area contributed by atoms with Gasteiger partial charge in [-0.25, -0.2) is 9.97 Å². The smallest absolute Gasteiger partial charge is 0.279 e. The highest BCUT2D eigenvalue weighted by Crippen LogP contribution is 2.61. The number of nitrogens with one attached hydrogen (secondary N) is 1. The molecule has 0 unspecified atom stereocenters. The second-order valence-electron chi connectivity index (χ2n) is 7.85. The molecule has 8 heteroatoms. The lowest BCUT2D eigenvalue weighted by molar-refractivity contribution is -0.00555. The van der Waals surface area contributed by atoms with Crippen LogP contribution in [0.15, 0.2) is 12.4 Å². The summed E-state index contributed by atoms with van der Waals surface area (Å²) in [4.78, 5) is 20.2. The van der Waals surface area contributed by atoms with Crippen molar-refractivity contribution in [2.24, 2.45) is 17.8 Å². The van der Waals surface area contributed by atoms with Gasteiger partial charge in [-0.2, -0.15) is 0 Å². The molecule has 0 atom stereocenters. The molecule has 4 aliphatic rings. The predicted molar refractivity (Wildman–Crippen MR) is 94.2 cm³/mol. The second-order valence-corrected chi connectivity index (χ2v) is 8.83. The SMILES string of the molecule is Nc1nccnc1C(=O)Nc1nnc(C23CC4CC(CC(C4)C2)C3)s1. The van der Waals surface area contributed by atoms with Gasteiger partial charge in [-0.05, 0) is 56.3 Å². The Bertz CT molecular complexity index is 799. The number of hydrogen-bond donors (Lipinski definition) is 2. The monoisotopic (exact) mass is 356 g/mol. The molecule has 7 nitrogen and oxygen atoms in total. The van der Waals surface area contributed by atoms with E-state index in [0.29, 0.717) is 5.13 Å². The summed E-state index contributed by atoms with van der Waals surface area (Å²) in [5.41, 5.74) is 6.03. The molecule has 2 aromatic heterocycles. The van der Waals surface area contributed by atoms with E-state index in [1.54, 1.807) is 0 Å². The average molecular weight is 356 g/mol. The van der Waals surface area contributed by atoms with Crippen molar-refractivity contribution in [3.8, 4) is 0 Å². The topological polar surface area (TPSA) is 107 Å². The van der Waals surface area contributed by atoms with Gasteiger partial charge >= 0.3 is 0 Å². The maximum atomic E-state index is 12.3. The number of nitrogens with zero attached hydrogens (tertiary/aromatic N) is 4. The fourth-order valence-electron chi connectivity index (χ4n) is 5.54. The highest BCUT2D eigenvalue weighted by molar-refractivity contribution is 7.15. The summed E-state index contributed by atoms with van der Waals surface area (Å²) in [5, 5.41) is 13.1. The number of hydrogen-bond acceptors (Lipinski definition) is 7. The Morgan fingerprint density at radius 2 is 1.72 bits per heavy atom. The lowest BCUT2D eigenvalue weighted by atomic mass is 9.50. The number of rotatable bonds is 3. The third-order valence-corrected chi connectivity index (χ3v) is 7.16. The Labute approximate surface area is 149 Å². The first-order chi connectivity index (χ1) is 12.1. The number of nitrogen functional groups attached to an aromatic ring is 1. The zero-order valence-electron chi connectivity index (χ0n) is 13.8. The molecule has 4 saturated carbocycles. The van der Waals surface area contributed by atoms with Crippen molar-refractivity contribution in [2.45, 2.75) is 43.9 Å². The third-order valence-electron chi connectivity index (χ3n) is 6.08. The number of aromatic nitrogens is 4. The Kier molecular flexibility index (Phi) is 3.31. The molecule has 2 heterocycles. The summed E-state index contributed by atoms with van der Waals surface area (Å²) in [6.45, 7) is 0. The molecular weight excluding hydrogens is 336 g/mol. The third kappa shape index (κ3) is 2.50. The fourth-order valence-corrected chi connectivity index (χ4v) is 6.50. The predicted octanol–water partition coefficient (Wildman–Crippen LogP) is 2.63. The molecular formula is C17H20N6OS. The van der Waals surface area contributed by atoms with E-state index in [1.165, 1.54) is 62.3 Å². The Morgan fingerprint density at radius 1 is 1.08 bits per heavy atom. The summed E-state index contributed by atoms with van der Waals surface area (Å²) < 4.78 is 0. The number of nitrogens with two attached hydrogens (primary N) is 1. The van der Waals surface area contributed by atoms with Crippen LogP contribution in [0.2, 0.25) is 0 Å². The van der Waals surface area contributed by atoms with Gasteiger partial charge in [0.2, 0.25) is 5.13 Å². The Balaban J connectivity index is 1.38. The minimum absolute atomic E-state index is 0.117. The molecule has 0 radical (unpaired) electrons. The van der Waals surface area contributed by atoms with Crippen LogP contribution in [0.25, 0.3) is 0 Å². The number of carbonyl (C=O) groups excluding carboxylic acids is 1. The van der Waals surface area contributed by atoms with Gasteiger partial charge in [0.1, 0.15) is 5.01 Å². The van der Waals surface area contributed by atoms with Gasteiger partial charge in [0.05, 0.1) is 0 Å². The maximum absolute atomic E-state index is 12.3. The van der Waals surface area contributed by atoms with E-state index in [4.69, 9.17) is 5.73 Å². The molecule has 1 amide bonds. The molecule has 4 bridgehead atoms. The van der Waals surface area contributed by atoms with E-state index in [0.717, 1.165) is 22.8 Å².